The lowest BCUT2D eigenvalue weighted by Gasteiger charge is -2.16. The molecule has 3 aliphatic rings. The number of rotatable bonds is 6. The van der Waals surface area contributed by atoms with Crippen molar-refractivity contribution in [3.05, 3.63) is 91.1 Å². The van der Waals surface area contributed by atoms with Crippen molar-refractivity contribution in [2.75, 3.05) is 39.3 Å². The van der Waals surface area contributed by atoms with E-state index in [1.807, 2.05) is 55.8 Å². The van der Waals surface area contributed by atoms with Crippen molar-refractivity contribution >= 4 is 50.4 Å². The van der Waals surface area contributed by atoms with Gasteiger partial charge in [0, 0.05) is 91.7 Å². The molecule has 12 heterocycles. The normalized spacial score (nSPS) is 22.8. The van der Waals surface area contributed by atoms with Gasteiger partial charge in [-0.1, -0.05) is 54.9 Å². The highest BCUT2D eigenvalue weighted by Crippen LogP contribution is 2.34. The summed E-state index contributed by atoms with van der Waals surface area (Å²) in [6, 6.07) is 6.22. The molecular weight excluding hydrogens is 739 g/mol. The third kappa shape index (κ3) is 6.94. The molecule has 0 saturated carbocycles. The van der Waals surface area contributed by atoms with Crippen LogP contribution < -0.4 is 16.0 Å². The Balaban J connectivity index is 0.000000121. The summed E-state index contributed by atoms with van der Waals surface area (Å²) in [5, 5.41) is 10.5. The van der Waals surface area contributed by atoms with Crippen molar-refractivity contribution < 1.29 is 0 Å². The van der Waals surface area contributed by atoms with Crippen LogP contribution in [-0.2, 0) is 0 Å². The molecule has 15 heteroatoms. The highest BCUT2D eigenvalue weighted by atomic mass is 15.1. The standard InChI is InChI=1S/3C14H17N5.2CH4/c3*1-2-9-5-15-6-10(9)12-7-17-13-8-18-14-11(19(12)13)3-4-16-14;;/h3*3-4,7-10,15-16H,2,5-6H2,1H3;2*1H4/t3*9-,10+;;/m111../s1. The van der Waals surface area contributed by atoms with Gasteiger partial charge in [-0.05, 0) is 55.6 Å². The molecule has 9 aromatic heterocycles. The Hall–Kier alpha value is -5.64. The number of imidazole rings is 3. The van der Waals surface area contributed by atoms with E-state index in [-0.39, 0.29) is 14.9 Å². The summed E-state index contributed by atoms with van der Waals surface area (Å²) in [5.41, 5.74) is 12.8. The second-order valence-electron chi connectivity index (χ2n) is 15.8. The minimum absolute atomic E-state index is 0. The molecule has 12 rings (SSSR count). The number of nitrogens with one attached hydrogen (secondary N) is 6. The van der Waals surface area contributed by atoms with E-state index in [1.165, 1.54) is 36.3 Å². The molecule has 3 aliphatic heterocycles. The van der Waals surface area contributed by atoms with E-state index < -0.39 is 0 Å². The van der Waals surface area contributed by atoms with Crippen molar-refractivity contribution in [1.82, 2.24) is 74.0 Å². The molecule has 0 aliphatic carbocycles. The molecular formula is C44H59N15. The predicted molar refractivity (Wildman–Crippen MR) is 236 cm³/mol. The SMILES string of the molecule is C.C.CC[C@@H]1CNC[C@@H]1c1cnc2cnc3[nH]ccc3n12.CC[C@@H]1CNC[C@@H]1c1cnc2cnc3[nH]ccc3n12.CC[C@@H]1CNC[C@@H]1c1cnc2cnc3[nH]ccc3n12. The molecule has 9 aromatic rings. The Morgan fingerprint density at radius 2 is 0.746 bits per heavy atom. The molecule has 310 valence electrons. The molecule has 0 aromatic carbocycles. The average molecular weight is 798 g/mol. The van der Waals surface area contributed by atoms with E-state index in [4.69, 9.17) is 0 Å². The highest BCUT2D eigenvalue weighted by molar-refractivity contribution is 5.76. The largest absolute Gasteiger partial charge is 0.345 e. The Bertz CT molecular complexity index is 2480. The summed E-state index contributed by atoms with van der Waals surface area (Å²) in [6.45, 7) is 13.2. The van der Waals surface area contributed by atoms with E-state index in [0.29, 0.717) is 35.5 Å². The Kier molecular flexibility index (Phi) is 11.5. The summed E-state index contributed by atoms with van der Waals surface area (Å²) in [4.78, 5) is 36.3. The first kappa shape index (κ1) is 40.2. The van der Waals surface area contributed by atoms with Crippen LogP contribution in [0.25, 0.3) is 50.4 Å². The van der Waals surface area contributed by atoms with Gasteiger partial charge in [-0.3, -0.25) is 13.2 Å². The summed E-state index contributed by atoms with van der Waals surface area (Å²) in [5.74, 6) is 3.72. The first-order valence-electron chi connectivity index (χ1n) is 20.7. The fourth-order valence-electron chi connectivity index (χ4n) is 9.79. The Morgan fingerprint density at radius 3 is 1.03 bits per heavy atom. The van der Waals surface area contributed by atoms with Gasteiger partial charge in [-0.2, -0.15) is 0 Å². The number of hydrogen-bond donors (Lipinski definition) is 6. The van der Waals surface area contributed by atoms with Crippen LogP contribution in [0.15, 0.2) is 74.0 Å². The molecule has 0 amide bonds. The lowest BCUT2D eigenvalue weighted by atomic mass is 9.91. The third-order valence-corrected chi connectivity index (χ3v) is 12.9. The molecule has 0 radical (unpaired) electrons. The molecule has 15 nitrogen and oxygen atoms in total. The quantitative estimate of drug-likeness (QED) is 0.103. The van der Waals surface area contributed by atoms with Gasteiger partial charge in [0.1, 0.15) is 0 Å². The number of aromatic nitrogens is 12. The zero-order valence-corrected chi connectivity index (χ0v) is 32.8. The molecule has 59 heavy (non-hydrogen) atoms. The summed E-state index contributed by atoms with van der Waals surface area (Å²) >= 11 is 0. The van der Waals surface area contributed by atoms with Crippen LogP contribution in [0.4, 0.5) is 0 Å². The smallest absolute Gasteiger partial charge is 0.156 e. The van der Waals surface area contributed by atoms with E-state index in [1.54, 1.807) is 0 Å². The molecule has 0 bridgehead atoms. The van der Waals surface area contributed by atoms with Gasteiger partial charge in [0.15, 0.2) is 33.9 Å². The van der Waals surface area contributed by atoms with E-state index in [9.17, 15) is 0 Å². The molecule has 6 N–H and O–H groups in total. The maximum absolute atomic E-state index is 4.52. The van der Waals surface area contributed by atoms with Crippen LogP contribution in [0.1, 0.15) is 89.7 Å². The molecule has 3 fully saturated rings. The van der Waals surface area contributed by atoms with Gasteiger partial charge in [0.05, 0.1) is 35.1 Å². The van der Waals surface area contributed by atoms with Gasteiger partial charge in [0.25, 0.3) is 0 Å². The topological polar surface area (TPSA) is 174 Å². The van der Waals surface area contributed by atoms with E-state index >= 15 is 0 Å². The maximum atomic E-state index is 4.52. The highest BCUT2D eigenvalue weighted by Gasteiger charge is 2.32. The first-order valence-corrected chi connectivity index (χ1v) is 20.7. The molecule has 3 saturated heterocycles. The van der Waals surface area contributed by atoms with Crippen LogP contribution >= 0.6 is 0 Å². The summed E-state index contributed by atoms with van der Waals surface area (Å²) < 4.78 is 6.75. The average Bonchev–Trinajstić information content (AvgIpc) is 4.09. The Morgan fingerprint density at radius 1 is 0.441 bits per heavy atom. The van der Waals surface area contributed by atoms with Crippen LogP contribution in [0.2, 0.25) is 0 Å². The van der Waals surface area contributed by atoms with Crippen LogP contribution in [0, 0.1) is 17.8 Å². The van der Waals surface area contributed by atoms with Crippen molar-refractivity contribution in [2.45, 2.75) is 72.6 Å². The fraction of sp³-hybridized carbons (Fsp3) is 0.455. The van der Waals surface area contributed by atoms with Crippen LogP contribution in [0.5, 0.6) is 0 Å². The van der Waals surface area contributed by atoms with Gasteiger partial charge in [0.2, 0.25) is 0 Å². The van der Waals surface area contributed by atoms with Crippen molar-refractivity contribution in [2.24, 2.45) is 17.8 Å². The second kappa shape index (κ2) is 16.9. The van der Waals surface area contributed by atoms with E-state index in [2.05, 4.69) is 113 Å². The summed E-state index contributed by atoms with van der Waals surface area (Å²) in [6.07, 6.45) is 21.0. The minimum atomic E-state index is 0. The van der Waals surface area contributed by atoms with Crippen molar-refractivity contribution in [3.63, 3.8) is 0 Å². The van der Waals surface area contributed by atoms with Gasteiger partial charge >= 0.3 is 0 Å². The zero-order chi connectivity index (χ0) is 38.5. The monoisotopic (exact) mass is 798 g/mol. The predicted octanol–water partition coefficient (Wildman–Crippen LogP) is 7.04. The number of hydrogen-bond acceptors (Lipinski definition) is 9. The maximum Gasteiger partial charge on any atom is 0.156 e. The minimum Gasteiger partial charge on any atom is -0.345 e. The summed E-state index contributed by atoms with van der Waals surface area (Å²) in [7, 11) is 0. The number of aromatic amines is 3. The van der Waals surface area contributed by atoms with Gasteiger partial charge in [-0.25, -0.2) is 29.9 Å². The lowest BCUT2D eigenvalue weighted by Crippen LogP contribution is -2.12. The number of fused-ring (bicyclic) bond motifs is 9. The molecule has 0 unspecified atom stereocenters. The van der Waals surface area contributed by atoms with Crippen molar-refractivity contribution in [3.8, 4) is 0 Å². The first-order chi connectivity index (χ1) is 28.1. The van der Waals surface area contributed by atoms with E-state index in [0.717, 1.165) is 89.7 Å². The van der Waals surface area contributed by atoms with Crippen molar-refractivity contribution in [1.29, 1.82) is 0 Å². The molecule has 6 atom stereocenters. The van der Waals surface area contributed by atoms with Gasteiger partial charge in [-0.15, -0.1) is 0 Å². The molecule has 0 spiro atoms. The van der Waals surface area contributed by atoms with Gasteiger partial charge < -0.3 is 30.9 Å². The number of H-pyrrole nitrogens is 3. The fourth-order valence-corrected chi connectivity index (χ4v) is 9.79. The Labute approximate surface area is 344 Å². The zero-order valence-electron chi connectivity index (χ0n) is 32.8. The third-order valence-electron chi connectivity index (χ3n) is 12.9. The number of nitrogens with zero attached hydrogens (tertiary/aromatic N) is 9. The van der Waals surface area contributed by atoms with Crippen LogP contribution in [-0.4, -0.2) is 97.3 Å². The van der Waals surface area contributed by atoms with Crippen LogP contribution in [0.3, 0.4) is 0 Å². The lowest BCUT2D eigenvalue weighted by molar-refractivity contribution is 0.493. The second-order valence-corrected chi connectivity index (χ2v) is 15.8.